The smallest absolute Gasteiger partial charge is 0.311 e. The fourth-order valence-electron chi connectivity index (χ4n) is 2.37. The summed E-state index contributed by atoms with van der Waals surface area (Å²) in [7, 11) is 1.57. The number of methoxy groups -OCH3 is 1. The molecule has 6 nitrogen and oxygen atoms in total. The van der Waals surface area contributed by atoms with Crippen LogP contribution >= 0.6 is 0 Å². The molecule has 0 N–H and O–H groups in total. The van der Waals surface area contributed by atoms with Crippen LogP contribution in [0.3, 0.4) is 0 Å². The Hall–Kier alpha value is -1.14. The molecule has 2 atom stereocenters. The number of carbonyl (C=O) groups is 2. The molecule has 0 aromatic rings. The highest BCUT2D eigenvalue weighted by atomic mass is 16.6. The van der Waals surface area contributed by atoms with Crippen molar-refractivity contribution in [3.05, 3.63) is 0 Å². The lowest BCUT2D eigenvalue weighted by Crippen LogP contribution is -2.32. The van der Waals surface area contributed by atoms with Crippen LogP contribution in [-0.4, -0.2) is 51.6 Å². The highest BCUT2D eigenvalue weighted by molar-refractivity contribution is 5.77. The van der Waals surface area contributed by atoms with Crippen molar-refractivity contribution in [3.8, 4) is 0 Å². The third kappa shape index (κ3) is 6.77. The molecule has 6 heteroatoms. The van der Waals surface area contributed by atoms with E-state index in [1.54, 1.807) is 7.11 Å². The first kappa shape index (κ1) is 20.9. The van der Waals surface area contributed by atoms with Gasteiger partial charge in [-0.15, -0.1) is 0 Å². The summed E-state index contributed by atoms with van der Waals surface area (Å²) in [5.74, 6) is -0.410. The van der Waals surface area contributed by atoms with Gasteiger partial charge in [-0.1, -0.05) is 13.3 Å². The molecule has 2 unspecified atom stereocenters. The molecule has 1 rings (SSSR count). The van der Waals surface area contributed by atoms with Gasteiger partial charge in [0.25, 0.3) is 0 Å². The largest absolute Gasteiger partial charge is 0.463 e. The molecular weight excluding hydrogens is 312 g/mol. The van der Waals surface area contributed by atoms with Crippen molar-refractivity contribution in [1.29, 1.82) is 0 Å². The topological polar surface area (TPSA) is 74.4 Å². The first-order valence-electron chi connectivity index (χ1n) is 8.70. The first-order valence-corrected chi connectivity index (χ1v) is 8.70. The van der Waals surface area contributed by atoms with Gasteiger partial charge >= 0.3 is 11.9 Å². The molecule has 0 amide bonds. The quantitative estimate of drug-likeness (QED) is 0.308. The third-order valence-corrected chi connectivity index (χ3v) is 4.68. The summed E-state index contributed by atoms with van der Waals surface area (Å²) in [6.45, 7) is 9.32. The average molecular weight is 344 g/mol. The van der Waals surface area contributed by atoms with Crippen LogP contribution in [0.1, 0.15) is 53.4 Å². The zero-order valence-electron chi connectivity index (χ0n) is 15.7. The van der Waals surface area contributed by atoms with E-state index in [0.717, 1.165) is 6.42 Å². The summed E-state index contributed by atoms with van der Waals surface area (Å²) in [6, 6.07) is 0. The molecule has 0 aliphatic carbocycles. The lowest BCUT2D eigenvalue weighted by atomic mass is 9.79. The molecule has 0 saturated carbocycles. The van der Waals surface area contributed by atoms with Crippen LogP contribution in [0.2, 0.25) is 0 Å². The monoisotopic (exact) mass is 344 g/mol. The highest BCUT2D eigenvalue weighted by Crippen LogP contribution is 2.33. The molecule has 1 fully saturated rings. The van der Waals surface area contributed by atoms with Gasteiger partial charge in [-0.25, -0.2) is 0 Å². The second-order valence-corrected chi connectivity index (χ2v) is 7.33. The van der Waals surface area contributed by atoms with E-state index in [2.05, 4.69) is 0 Å². The zero-order valence-corrected chi connectivity index (χ0v) is 15.7. The maximum Gasteiger partial charge on any atom is 0.311 e. The molecule has 1 aliphatic rings. The summed E-state index contributed by atoms with van der Waals surface area (Å²) >= 11 is 0. The number of hydrogen-bond donors (Lipinski definition) is 0. The van der Waals surface area contributed by atoms with Crippen molar-refractivity contribution in [2.45, 2.75) is 59.5 Å². The summed E-state index contributed by atoms with van der Waals surface area (Å²) in [5, 5.41) is 0. The minimum atomic E-state index is -0.575. The summed E-state index contributed by atoms with van der Waals surface area (Å²) < 4.78 is 20.5. The van der Waals surface area contributed by atoms with Crippen LogP contribution in [-0.2, 0) is 28.5 Å². The van der Waals surface area contributed by atoms with Gasteiger partial charge in [0.15, 0.2) is 0 Å². The van der Waals surface area contributed by atoms with Gasteiger partial charge in [0.05, 0.1) is 24.0 Å². The fourth-order valence-corrected chi connectivity index (χ4v) is 2.37. The molecule has 0 spiro atoms. The average Bonchev–Trinajstić information content (AvgIpc) is 3.36. The predicted molar refractivity (Wildman–Crippen MR) is 89.6 cm³/mol. The van der Waals surface area contributed by atoms with Gasteiger partial charge in [0.2, 0.25) is 0 Å². The lowest BCUT2D eigenvalue weighted by Gasteiger charge is -2.28. The molecule has 1 saturated heterocycles. The van der Waals surface area contributed by atoms with Crippen molar-refractivity contribution >= 4 is 11.9 Å². The SMILES string of the molecule is CCC(C)(CCCC(C)(C)C(=O)OCCOC)C(=O)OCC1CO1. The lowest BCUT2D eigenvalue weighted by molar-refractivity contribution is -0.157. The van der Waals surface area contributed by atoms with E-state index >= 15 is 0 Å². The third-order valence-electron chi connectivity index (χ3n) is 4.68. The van der Waals surface area contributed by atoms with Gasteiger partial charge < -0.3 is 18.9 Å². The van der Waals surface area contributed by atoms with Crippen molar-refractivity contribution in [1.82, 2.24) is 0 Å². The van der Waals surface area contributed by atoms with E-state index in [1.807, 2.05) is 27.7 Å². The van der Waals surface area contributed by atoms with Crippen molar-refractivity contribution < 1.29 is 28.5 Å². The van der Waals surface area contributed by atoms with Crippen LogP contribution < -0.4 is 0 Å². The van der Waals surface area contributed by atoms with E-state index in [9.17, 15) is 9.59 Å². The van der Waals surface area contributed by atoms with E-state index in [-0.39, 0.29) is 24.6 Å². The molecule has 0 aromatic heterocycles. The normalized spacial score (nSPS) is 19.5. The van der Waals surface area contributed by atoms with Crippen LogP contribution in [0.5, 0.6) is 0 Å². The van der Waals surface area contributed by atoms with Gasteiger partial charge in [-0.05, 0) is 40.0 Å². The molecular formula is C18H32O6. The molecule has 0 aromatic carbocycles. The molecule has 0 radical (unpaired) electrons. The van der Waals surface area contributed by atoms with Crippen molar-refractivity contribution in [2.75, 3.05) is 33.5 Å². The zero-order chi connectivity index (χ0) is 18.2. The second-order valence-electron chi connectivity index (χ2n) is 7.33. The van der Waals surface area contributed by atoms with Crippen LogP contribution in [0, 0.1) is 10.8 Å². The second kappa shape index (κ2) is 9.37. The Balaban J connectivity index is 2.39. The summed E-state index contributed by atoms with van der Waals surface area (Å²) in [4.78, 5) is 24.4. The summed E-state index contributed by atoms with van der Waals surface area (Å²) in [5.41, 5.74) is -1.10. The first-order chi connectivity index (χ1) is 11.2. The standard InChI is InChI=1S/C18H32O6/c1-6-18(4,16(20)24-13-14-12-23-14)9-7-8-17(2,3)15(19)22-11-10-21-5/h14H,6-13H2,1-5H3. The van der Waals surface area contributed by atoms with Gasteiger partial charge in [0.1, 0.15) is 19.3 Å². The Morgan fingerprint density at radius 3 is 2.29 bits per heavy atom. The van der Waals surface area contributed by atoms with E-state index < -0.39 is 10.8 Å². The molecule has 1 aliphatic heterocycles. The number of rotatable bonds is 12. The van der Waals surface area contributed by atoms with Crippen LogP contribution in [0.25, 0.3) is 0 Å². The number of esters is 2. The minimum Gasteiger partial charge on any atom is -0.463 e. The Morgan fingerprint density at radius 2 is 1.75 bits per heavy atom. The minimum absolute atomic E-state index is 0.0795. The Bertz CT molecular complexity index is 416. The molecule has 24 heavy (non-hydrogen) atoms. The van der Waals surface area contributed by atoms with Gasteiger partial charge in [-0.2, -0.15) is 0 Å². The Morgan fingerprint density at radius 1 is 1.08 bits per heavy atom. The van der Waals surface area contributed by atoms with Crippen LogP contribution in [0.15, 0.2) is 0 Å². The van der Waals surface area contributed by atoms with Gasteiger partial charge in [-0.3, -0.25) is 9.59 Å². The number of hydrogen-bond acceptors (Lipinski definition) is 6. The number of epoxide rings is 1. The number of ether oxygens (including phenoxy) is 4. The molecule has 0 bridgehead atoms. The highest BCUT2D eigenvalue weighted by Gasteiger charge is 2.36. The van der Waals surface area contributed by atoms with Crippen LogP contribution in [0.4, 0.5) is 0 Å². The maximum atomic E-state index is 12.3. The van der Waals surface area contributed by atoms with Gasteiger partial charge in [0, 0.05) is 7.11 Å². The Kier molecular flexibility index (Phi) is 8.16. The molecule has 1 heterocycles. The maximum absolute atomic E-state index is 12.3. The fraction of sp³-hybridized carbons (Fsp3) is 0.889. The van der Waals surface area contributed by atoms with E-state index in [0.29, 0.717) is 39.1 Å². The number of carbonyl (C=O) groups excluding carboxylic acids is 2. The predicted octanol–water partition coefficient (Wildman–Crippen LogP) is 2.73. The van der Waals surface area contributed by atoms with Crippen molar-refractivity contribution in [2.24, 2.45) is 10.8 Å². The van der Waals surface area contributed by atoms with E-state index in [1.165, 1.54) is 0 Å². The van der Waals surface area contributed by atoms with E-state index in [4.69, 9.17) is 18.9 Å². The summed E-state index contributed by atoms with van der Waals surface area (Å²) in [6.07, 6.45) is 2.88. The Labute approximate surface area is 145 Å². The van der Waals surface area contributed by atoms with Crippen molar-refractivity contribution in [3.63, 3.8) is 0 Å². The molecule has 140 valence electrons.